The summed E-state index contributed by atoms with van der Waals surface area (Å²) in [6.07, 6.45) is 5.95. The smallest absolute Gasteiger partial charge is 0.271 e. The molecular weight excluding hydrogens is 571 g/mol. The summed E-state index contributed by atoms with van der Waals surface area (Å²) in [7, 11) is 0. The Morgan fingerprint density at radius 1 is 1.03 bits per heavy atom. The number of halogens is 1. The van der Waals surface area contributed by atoms with Gasteiger partial charge in [0.15, 0.2) is 4.80 Å². The average molecular weight is 593 g/mol. The molecule has 0 spiro atoms. The Morgan fingerprint density at radius 2 is 1.79 bits per heavy atom. The van der Waals surface area contributed by atoms with Crippen LogP contribution >= 0.6 is 45.7 Å². The number of allylic oxidation sites excluding steroid dienone is 1. The minimum atomic E-state index is -0.130. The van der Waals surface area contributed by atoms with Crippen molar-refractivity contribution in [3.63, 3.8) is 0 Å². The molecule has 6 heteroatoms. The van der Waals surface area contributed by atoms with Crippen LogP contribution in [0.1, 0.15) is 34.7 Å². The molecule has 3 nitrogen and oxygen atoms in total. The number of hydrogen-bond acceptors (Lipinski definition) is 4. The number of thiazole rings is 1. The number of thioether (sulfide) groups is 1. The first-order valence-corrected chi connectivity index (χ1v) is 14.3. The molecule has 0 N–H and O–H groups in total. The number of benzene rings is 3. The van der Waals surface area contributed by atoms with Crippen molar-refractivity contribution in [1.82, 2.24) is 4.57 Å². The molecule has 1 aliphatic carbocycles. The van der Waals surface area contributed by atoms with Crippen LogP contribution in [-0.4, -0.2) is 10.8 Å². The van der Waals surface area contributed by atoms with Gasteiger partial charge in [0.2, 0.25) is 0 Å². The van der Waals surface area contributed by atoms with Crippen molar-refractivity contribution in [1.29, 1.82) is 0 Å². The van der Waals surface area contributed by atoms with E-state index >= 15 is 0 Å². The minimum absolute atomic E-state index is 0.0339. The molecule has 1 unspecified atom stereocenters. The lowest BCUT2D eigenvalue weighted by Crippen LogP contribution is -2.38. The van der Waals surface area contributed by atoms with Crippen molar-refractivity contribution in [3.05, 3.63) is 124 Å². The zero-order chi connectivity index (χ0) is 23.2. The standard InChI is InChI=1S/C28H21IN2OS2/c1-33-21-13-8-19(9-14-21)26-23-15-10-18-4-2-3-5-22(18)25(23)30-28-31(26)27(32)24(34-28)16-17-6-11-20(29)12-7-17/h2-9,11-14,16,26H,10,15H2,1H3. The molecule has 3 aromatic carbocycles. The lowest BCUT2D eigenvalue weighted by molar-refractivity contribution is 0.585. The lowest BCUT2D eigenvalue weighted by Gasteiger charge is -2.30. The molecular formula is C28H21IN2OS2. The van der Waals surface area contributed by atoms with Crippen LogP contribution < -0.4 is 14.9 Å². The summed E-state index contributed by atoms with van der Waals surface area (Å²) < 4.78 is 3.82. The van der Waals surface area contributed by atoms with Gasteiger partial charge in [-0.25, -0.2) is 4.99 Å². The van der Waals surface area contributed by atoms with Crippen LogP contribution in [-0.2, 0) is 6.42 Å². The van der Waals surface area contributed by atoms with Gasteiger partial charge in [-0.3, -0.25) is 9.36 Å². The van der Waals surface area contributed by atoms with E-state index in [0.29, 0.717) is 0 Å². The zero-order valence-corrected chi connectivity index (χ0v) is 22.3. The molecule has 0 radical (unpaired) electrons. The highest BCUT2D eigenvalue weighted by Crippen LogP contribution is 2.41. The maximum atomic E-state index is 13.8. The van der Waals surface area contributed by atoms with Gasteiger partial charge in [0.1, 0.15) is 0 Å². The summed E-state index contributed by atoms with van der Waals surface area (Å²) in [6.45, 7) is 0. The number of aryl methyl sites for hydroxylation is 1. The maximum absolute atomic E-state index is 13.8. The van der Waals surface area contributed by atoms with Gasteiger partial charge in [-0.05, 0) is 94.3 Å². The quantitative estimate of drug-likeness (QED) is 0.228. The fourth-order valence-electron chi connectivity index (χ4n) is 4.82. The molecule has 2 aliphatic rings. The van der Waals surface area contributed by atoms with E-state index in [9.17, 15) is 4.79 Å². The van der Waals surface area contributed by atoms with E-state index in [1.54, 1.807) is 11.8 Å². The van der Waals surface area contributed by atoms with Gasteiger partial charge in [-0.2, -0.15) is 0 Å². The first-order chi connectivity index (χ1) is 16.6. The topological polar surface area (TPSA) is 34.4 Å². The monoisotopic (exact) mass is 592 g/mol. The second kappa shape index (κ2) is 8.98. The van der Waals surface area contributed by atoms with Crippen molar-refractivity contribution in [2.75, 3.05) is 6.26 Å². The highest BCUT2D eigenvalue weighted by atomic mass is 127. The summed E-state index contributed by atoms with van der Waals surface area (Å²) in [5, 5.41) is 0. The second-order valence-corrected chi connectivity index (χ2v) is 11.6. The molecule has 0 saturated carbocycles. The van der Waals surface area contributed by atoms with Gasteiger partial charge in [0.25, 0.3) is 5.56 Å². The number of aromatic nitrogens is 1. The molecule has 1 aliphatic heterocycles. The van der Waals surface area contributed by atoms with Crippen LogP contribution in [0.5, 0.6) is 0 Å². The molecule has 0 bridgehead atoms. The van der Waals surface area contributed by atoms with E-state index in [-0.39, 0.29) is 11.6 Å². The third-order valence-electron chi connectivity index (χ3n) is 6.47. The Hall–Kier alpha value is -2.42. The SMILES string of the molecule is CSc1ccc(C2C3=C(N=c4sc(=Cc5ccc(I)cc5)c(=O)n42)c2ccccc2CC3)cc1. The summed E-state index contributed by atoms with van der Waals surface area (Å²) in [5.74, 6) is 0. The molecule has 34 heavy (non-hydrogen) atoms. The largest absolute Gasteiger partial charge is 0.272 e. The predicted octanol–water partition coefficient (Wildman–Crippen LogP) is 5.65. The molecule has 2 heterocycles. The van der Waals surface area contributed by atoms with E-state index < -0.39 is 0 Å². The van der Waals surface area contributed by atoms with Crippen LogP contribution in [0, 0.1) is 3.57 Å². The first kappa shape index (κ1) is 22.1. The van der Waals surface area contributed by atoms with Crippen molar-refractivity contribution < 1.29 is 0 Å². The average Bonchev–Trinajstić information content (AvgIpc) is 3.18. The number of nitrogens with zero attached hydrogens (tertiary/aromatic N) is 2. The molecule has 1 aromatic heterocycles. The Balaban J connectivity index is 1.60. The summed E-state index contributed by atoms with van der Waals surface area (Å²) in [4.78, 5) is 20.9. The molecule has 168 valence electrons. The highest BCUT2D eigenvalue weighted by Gasteiger charge is 2.32. The zero-order valence-electron chi connectivity index (χ0n) is 18.5. The Labute approximate surface area is 219 Å². The normalized spacial score (nSPS) is 17.1. The maximum Gasteiger partial charge on any atom is 0.271 e. The van der Waals surface area contributed by atoms with Crippen LogP contribution in [0.4, 0.5) is 0 Å². The van der Waals surface area contributed by atoms with Crippen LogP contribution in [0.2, 0.25) is 0 Å². The molecule has 0 amide bonds. The number of fused-ring (bicyclic) bond motifs is 3. The highest BCUT2D eigenvalue weighted by molar-refractivity contribution is 14.1. The van der Waals surface area contributed by atoms with Gasteiger partial charge in [0, 0.05) is 14.0 Å². The van der Waals surface area contributed by atoms with Crippen LogP contribution in [0.15, 0.2) is 93.1 Å². The first-order valence-electron chi connectivity index (χ1n) is 11.1. The fraction of sp³-hybridized carbons (Fsp3) is 0.143. The molecule has 1 atom stereocenters. The van der Waals surface area contributed by atoms with Crippen molar-refractivity contribution >= 4 is 57.5 Å². The molecule has 4 aromatic rings. The lowest BCUT2D eigenvalue weighted by atomic mass is 9.83. The minimum Gasteiger partial charge on any atom is -0.272 e. The van der Waals surface area contributed by atoms with Crippen molar-refractivity contribution in [2.24, 2.45) is 4.99 Å². The fourth-order valence-corrected chi connectivity index (χ4v) is 6.59. The second-order valence-electron chi connectivity index (χ2n) is 8.44. The van der Waals surface area contributed by atoms with Gasteiger partial charge in [-0.1, -0.05) is 59.9 Å². The van der Waals surface area contributed by atoms with E-state index in [1.807, 2.05) is 10.6 Å². The van der Waals surface area contributed by atoms with E-state index in [0.717, 1.165) is 39.0 Å². The van der Waals surface area contributed by atoms with Crippen molar-refractivity contribution in [3.8, 4) is 0 Å². The Bertz CT molecular complexity index is 1610. The summed E-state index contributed by atoms with van der Waals surface area (Å²) >= 11 is 5.51. The summed E-state index contributed by atoms with van der Waals surface area (Å²) in [5.41, 5.74) is 7.02. The Kier molecular flexibility index (Phi) is 5.83. The third-order valence-corrected chi connectivity index (χ3v) is 8.92. The van der Waals surface area contributed by atoms with E-state index in [4.69, 9.17) is 4.99 Å². The number of hydrogen-bond donors (Lipinski definition) is 0. The van der Waals surface area contributed by atoms with Gasteiger partial charge in [0.05, 0.1) is 16.3 Å². The van der Waals surface area contributed by atoms with E-state index in [2.05, 4.69) is 102 Å². The third kappa shape index (κ3) is 3.82. The van der Waals surface area contributed by atoms with Crippen molar-refractivity contribution in [2.45, 2.75) is 23.8 Å². The molecule has 0 fully saturated rings. The Morgan fingerprint density at radius 3 is 2.56 bits per heavy atom. The van der Waals surface area contributed by atoms with Gasteiger partial charge in [-0.15, -0.1) is 11.8 Å². The summed E-state index contributed by atoms with van der Waals surface area (Å²) in [6, 6.07) is 25.3. The van der Waals surface area contributed by atoms with Gasteiger partial charge >= 0.3 is 0 Å². The van der Waals surface area contributed by atoms with Gasteiger partial charge < -0.3 is 0 Å². The predicted molar refractivity (Wildman–Crippen MR) is 150 cm³/mol. The van der Waals surface area contributed by atoms with Crippen LogP contribution in [0.3, 0.4) is 0 Å². The number of rotatable bonds is 3. The van der Waals surface area contributed by atoms with E-state index in [1.165, 1.54) is 36.5 Å². The molecule has 6 rings (SSSR count). The van der Waals surface area contributed by atoms with Crippen LogP contribution in [0.25, 0.3) is 11.8 Å². The molecule has 0 saturated heterocycles.